The van der Waals surface area contributed by atoms with Crippen LogP contribution in [0.1, 0.15) is 28.8 Å². The van der Waals surface area contributed by atoms with Gasteiger partial charge in [-0.15, -0.1) is 0 Å². The fourth-order valence-corrected chi connectivity index (χ4v) is 5.12. The smallest absolute Gasteiger partial charge is 0.295 e. The molecule has 10 nitrogen and oxygen atoms in total. The Hall–Kier alpha value is -3.95. The highest BCUT2D eigenvalue weighted by Crippen LogP contribution is 2.39. The SMILES string of the molecule is COc1ccc(CCN2C[C@H]3CC[C@@H](C2=O)N3C(=O)C(=O)c2cc(OC)c(OC)c(OC)c2)cc1OC. The molecule has 0 N–H and O–H groups in total. The van der Waals surface area contributed by atoms with Gasteiger partial charge in [-0.1, -0.05) is 6.07 Å². The first-order chi connectivity index (χ1) is 17.9. The molecule has 2 fully saturated rings. The Labute approximate surface area is 216 Å². The quantitative estimate of drug-likeness (QED) is 0.353. The lowest BCUT2D eigenvalue weighted by atomic mass is 10.0. The zero-order chi connectivity index (χ0) is 26.7. The van der Waals surface area contributed by atoms with Gasteiger partial charge in [0.2, 0.25) is 11.7 Å². The average Bonchev–Trinajstić information content (AvgIpc) is 3.28. The van der Waals surface area contributed by atoms with E-state index in [-0.39, 0.29) is 29.0 Å². The molecule has 4 rings (SSSR count). The molecule has 0 saturated carbocycles. The number of benzene rings is 2. The number of nitrogens with zero attached hydrogens (tertiary/aromatic N) is 2. The molecule has 2 atom stereocenters. The Morgan fingerprint density at radius 1 is 0.838 bits per heavy atom. The van der Waals surface area contributed by atoms with Gasteiger partial charge in [-0.05, 0) is 49.1 Å². The van der Waals surface area contributed by atoms with Crippen molar-refractivity contribution < 1.29 is 38.1 Å². The first-order valence-electron chi connectivity index (χ1n) is 12.0. The second-order valence-electron chi connectivity index (χ2n) is 8.93. The third kappa shape index (κ3) is 4.87. The van der Waals surface area contributed by atoms with Crippen molar-refractivity contribution in [3.8, 4) is 28.7 Å². The van der Waals surface area contributed by atoms with Crippen molar-refractivity contribution in [2.45, 2.75) is 31.3 Å². The number of carbonyl (C=O) groups excluding carboxylic acids is 3. The number of Topliss-reactive ketones (excluding diaryl/α,β-unsaturated/α-hetero) is 1. The molecule has 10 heteroatoms. The lowest BCUT2D eigenvalue weighted by Crippen LogP contribution is -2.60. The van der Waals surface area contributed by atoms with E-state index in [9.17, 15) is 14.4 Å². The Kier molecular flexibility index (Phi) is 7.75. The van der Waals surface area contributed by atoms with Crippen LogP contribution in [0.5, 0.6) is 28.7 Å². The largest absolute Gasteiger partial charge is 0.493 e. The number of hydrogen-bond acceptors (Lipinski definition) is 8. The lowest BCUT2D eigenvalue weighted by molar-refractivity contribution is -0.149. The van der Waals surface area contributed by atoms with Gasteiger partial charge in [0, 0.05) is 18.7 Å². The van der Waals surface area contributed by atoms with Gasteiger partial charge in [-0.25, -0.2) is 0 Å². The first kappa shape index (κ1) is 26.1. The highest BCUT2D eigenvalue weighted by atomic mass is 16.5. The number of carbonyl (C=O) groups is 3. The van der Waals surface area contributed by atoms with Crippen LogP contribution in [0.15, 0.2) is 30.3 Å². The van der Waals surface area contributed by atoms with E-state index in [0.29, 0.717) is 49.6 Å². The Balaban J connectivity index is 1.47. The molecule has 2 aromatic carbocycles. The molecule has 0 spiro atoms. The van der Waals surface area contributed by atoms with Crippen molar-refractivity contribution in [2.75, 3.05) is 48.6 Å². The molecule has 37 heavy (non-hydrogen) atoms. The monoisotopic (exact) mass is 512 g/mol. The first-order valence-corrected chi connectivity index (χ1v) is 12.0. The topological polar surface area (TPSA) is 104 Å². The molecule has 2 aliphatic heterocycles. The maximum absolute atomic E-state index is 13.3. The van der Waals surface area contributed by atoms with Crippen molar-refractivity contribution in [1.82, 2.24) is 9.80 Å². The molecule has 2 saturated heterocycles. The van der Waals surface area contributed by atoms with Crippen molar-refractivity contribution in [1.29, 1.82) is 0 Å². The molecule has 2 heterocycles. The number of ether oxygens (including phenoxy) is 5. The molecule has 2 bridgehead atoms. The van der Waals surface area contributed by atoms with Crippen LogP contribution >= 0.6 is 0 Å². The number of amides is 2. The van der Waals surface area contributed by atoms with Crippen molar-refractivity contribution in [3.05, 3.63) is 41.5 Å². The molecule has 0 aliphatic carbocycles. The zero-order valence-corrected chi connectivity index (χ0v) is 21.7. The van der Waals surface area contributed by atoms with Crippen LogP contribution in [0.25, 0.3) is 0 Å². The second-order valence-corrected chi connectivity index (χ2v) is 8.93. The summed E-state index contributed by atoms with van der Waals surface area (Å²) in [5.74, 6) is 0.593. The molecule has 2 aliphatic rings. The van der Waals surface area contributed by atoms with Crippen molar-refractivity contribution in [2.24, 2.45) is 0 Å². The maximum Gasteiger partial charge on any atom is 0.295 e. The molecule has 198 valence electrons. The number of hydrogen-bond donors (Lipinski definition) is 0. The molecule has 2 amide bonds. The number of likely N-dealkylation sites (tertiary alicyclic amines) is 1. The van der Waals surface area contributed by atoms with E-state index < -0.39 is 17.7 Å². The van der Waals surface area contributed by atoms with E-state index in [2.05, 4.69) is 0 Å². The predicted octanol–water partition coefficient (Wildman–Crippen LogP) is 2.36. The highest BCUT2D eigenvalue weighted by molar-refractivity contribution is 6.43. The number of fused-ring (bicyclic) bond motifs is 2. The van der Waals surface area contributed by atoms with E-state index in [0.717, 1.165) is 5.56 Å². The van der Waals surface area contributed by atoms with Gasteiger partial charge in [0.05, 0.1) is 41.6 Å². The van der Waals surface area contributed by atoms with Gasteiger partial charge in [0.1, 0.15) is 6.04 Å². The maximum atomic E-state index is 13.3. The highest BCUT2D eigenvalue weighted by Gasteiger charge is 2.49. The fourth-order valence-electron chi connectivity index (χ4n) is 5.12. The van der Waals surface area contributed by atoms with E-state index in [1.54, 1.807) is 19.1 Å². The van der Waals surface area contributed by atoms with Gasteiger partial charge >= 0.3 is 0 Å². The van der Waals surface area contributed by atoms with Crippen LogP contribution in [-0.4, -0.2) is 88.1 Å². The van der Waals surface area contributed by atoms with E-state index >= 15 is 0 Å². The molecule has 0 aromatic heterocycles. The van der Waals surface area contributed by atoms with Crippen LogP contribution in [0.2, 0.25) is 0 Å². The summed E-state index contributed by atoms with van der Waals surface area (Å²) in [5, 5.41) is 0. The molecular formula is C27H32N2O8. The van der Waals surface area contributed by atoms with E-state index in [1.807, 2.05) is 18.2 Å². The Bertz CT molecular complexity index is 1170. The summed E-state index contributed by atoms with van der Waals surface area (Å²) < 4.78 is 26.6. The number of ketones is 1. The lowest BCUT2D eigenvalue weighted by Gasteiger charge is -2.40. The number of piperazine rings is 1. The van der Waals surface area contributed by atoms with Crippen molar-refractivity contribution in [3.63, 3.8) is 0 Å². The third-order valence-electron chi connectivity index (χ3n) is 7.00. The Morgan fingerprint density at radius 3 is 2.08 bits per heavy atom. The Morgan fingerprint density at radius 2 is 1.49 bits per heavy atom. The van der Waals surface area contributed by atoms with Gasteiger partial charge in [-0.3, -0.25) is 14.4 Å². The minimum Gasteiger partial charge on any atom is -0.493 e. The normalized spacial score (nSPS) is 18.5. The van der Waals surface area contributed by atoms with Gasteiger partial charge < -0.3 is 33.5 Å². The van der Waals surface area contributed by atoms with Crippen LogP contribution in [0.3, 0.4) is 0 Å². The van der Waals surface area contributed by atoms with Crippen LogP contribution in [0.4, 0.5) is 0 Å². The predicted molar refractivity (Wildman–Crippen MR) is 134 cm³/mol. The van der Waals surface area contributed by atoms with Gasteiger partial charge in [-0.2, -0.15) is 0 Å². The average molecular weight is 513 g/mol. The zero-order valence-electron chi connectivity index (χ0n) is 21.7. The molecule has 0 radical (unpaired) electrons. The van der Waals surface area contributed by atoms with Gasteiger partial charge in [0.15, 0.2) is 23.0 Å². The summed E-state index contributed by atoms with van der Waals surface area (Å²) in [4.78, 5) is 43.1. The minimum absolute atomic E-state index is 0.113. The molecule has 0 unspecified atom stereocenters. The molecule has 2 aromatic rings. The van der Waals surface area contributed by atoms with E-state index in [1.165, 1.54) is 38.4 Å². The molecular weight excluding hydrogens is 480 g/mol. The summed E-state index contributed by atoms with van der Waals surface area (Å²) >= 11 is 0. The third-order valence-corrected chi connectivity index (χ3v) is 7.00. The van der Waals surface area contributed by atoms with E-state index in [4.69, 9.17) is 23.7 Å². The minimum atomic E-state index is -0.720. The summed E-state index contributed by atoms with van der Waals surface area (Å²) in [5.41, 5.74) is 1.12. The summed E-state index contributed by atoms with van der Waals surface area (Å²) in [7, 11) is 7.50. The summed E-state index contributed by atoms with van der Waals surface area (Å²) in [6, 6.07) is 7.71. The van der Waals surface area contributed by atoms with Gasteiger partial charge in [0.25, 0.3) is 11.7 Å². The van der Waals surface area contributed by atoms with Crippen LogP contribution < -0.4 is 23.7 Å². The summed E-state index contributed by atoms with van der Waals surface area (Å²) in [6.07, 6.45) is 1.83. The number of rotatable bonds is 10. The number of methoxy groups -OCH3 is 5. The second kappa shape index (κ2) is 11.0. The van der Waals surface area contributed by atoms with Crippen molar-refractivity contribution >= 4 is 17.6 Å². The van der Waals surface area contributed by atoms with Crippen LogP contribution in [-0.2, 0) is 16.0 Å². The standard InChI is InChI=1S/C27H32N2O8/c1-33-20-9-6-16(12-21(20)34-2)10-11-28-15-18-7-8-19(26(28)31)29(18)27(32)24(30)17-13-22(35-3)25(37-5)23(14-17)36-4/h6,9,12-14,18-19H,7-8,10-11,15H2,1-5H3/t18-,19+/m1/s1. The summed E-state index contributed by atoms with van der Waals surface area (Å²) in [6.45, 7) is 0.890. The van der Waals surface area contributed by atoms with Crippen LogP contribution in [0, 0.1) is 0 Å². The fraction of sp³-hybridized carbons (Fsp3) is 0.444.